The molecule has 0 saturated carbocycles. The number of hydrogen-bond acceptors (Lipinski definition) is 8. The van der Waals surface area contributed by atoms with Gasteiger partial charge in [0.15, 0.2) is 11.6 Å². The van der Waals surface area contributed by atoms with E-state index in [0.717, 1.165) is 17.5 Å². The van der Waals surface area contributed by atoms with E-state index in [2.05, 4.69) is 37.5 Å². The number of nitrogens with zero attached hydrogens (tertiary/aromatic N) is 2. The molecule has 342 valence electrons. The molecule has 2 aliphatic heterocycles. The van der Waals surface area contributed by atoms with Crippen LogP contribution in [-0.2, 0) is 36.9 Å². The fraction of sp³-hybridized carbons (Fsp3) is 0.627. The first-order valence-corrected chi connectivity index (χ1v) is 23.1. The highest BCUT2D eigenvalue weighted by Crippen LogP contribution is 2.41. The SMILES string of the molecule is CC(C)C[C@H](C)/C=C/[C@H](Cc1ccccc1)C(=O)N1CCC[C@H]1C(=O)C[C@H](C(=O)N[C@@H](CCCNC(=O)OCc1ccccc1)C(=O)CC1CC(C)(C)N(O)C(C)(C)C1)C(C)C. The summed E-state index contributed by atoms with van der Waals surface area (Å²) in [5, 5.41) is 18.1. The van der Waals surface area contributed by atoms with Crippen molar-refractivity contribution >= 4 is 29.5 Å². The molecule has 62 heavy (non-hydrogen) atoms. The van der Waals surface area contributed by atoms with E-state index in [0.29, 0.717) is 56.9 Å². The first-order valence-electron chi connectivity index (χ1n) is 23.1. The lowest BCUT2D eigenvalue weighted by Gasteiger charge is -2.51. The highest BCUT2D eigenvalue weighted by molar-refractivity contribution is 5.95. The molecule has 0 aliphatic carbocycles. The molecule has 2 aliphatic rings. The van der Waals surface area contributed by atoms with Crippen LogP contribution < -0.4 is 10.6 Å². The molecule has 0 spiro atoms. The zero-order chi connectivity index (χ0) is 45.6. The Bertz CT molecular complexity index is 1780. The molecule has 11 nitrogen and oxygen atoms in total. The van der Waals surface area contributed by atoms with Crippen LogP contribution in [0.25, 0.3) is 0 Å². The molecule has 2 saturated heterocycles. The molecular formula is C51H76N4O7. The summed E-state index contributed by atoms with van der Waals surface area (Å²) in [6.07, 6.45) is 8.47. The Hall–Kier alpha value is -4.35. The Morgan fingerprint density at radius 3 is 2.08 bits per heavy atom. The average Bonchev–Trinajstić information content (AvgIpc) is 3.71. The topological polar surface area (TPSA) is 145 Å². The molecular weight excluding hydrogens is 781 g/mol. The van der Waals surface area contributed by atoms with Crippen LogP contribution in [0.5, 0.6) is 0 Å². The van der Waals surface area contributed by atoms with Crippen LogP contribution in [0.4, 0.5) is 4.79 Å². The van der Waals surface area contributed by atoms with E-state index in [9.17, 15) is 29.2 Å². The fourth-order valence-corrected chi connectivity index (χ4v) is 9.73. The number of piperidine rings is 1. The van der Waals surface area contributed by atoms with Gasteiger partial charge in [-0.1, -0.05) is 107 Å². The van der Waals surface area contributed by atoms with Crippen molar-refractivity contribution in [2.75, 3.05) is 13.1 Å². The number of likely N-dealkylation sites (tertiary alicyclic amines) is 1. The number of carbonyl (C=O) groups is 5. The number of rotatable bonds is 22. The van der Waals surface area contributed by atoms with E-state index in [1.165, 1.54) is 5.06 Å². The Morgan fingerprint density at radius 1 is 0.871 bits per heavy atom. The lowest BCUT2D eigenvalue weighted by molar-refractivity contribution is -0.251. The van der Waals surface area contributed by atoms with E-state index in [1.807, 2.05) is 108 Å². The van der Waals surface area contributed by atoms with Crippen LogP contribution in [0.2, 0.25) is 0 Å². The number of benzene rings is 2. The number of alkyl carbamates (subject to hydrolysis) is 1. The molecule has 2 heterocycles. The van der Waals surface area contributed by atoms with Gasteiger partial charge in [-0.3, -0.25) is 19.2 Å². The lowest BCUT2D eigenvalue weighted by Crippen LogP contribution is -2.59. The minimum Gasteiger partial charge on any atom is -0.445 e. The van der Waals surface area contributed by atoms with E-state index in [1.54, 1.807) is 4.90 Å². The van der Waals surface area contributed by atoms with Gasteiger partial charge in [0.25, 0.3) is 0 Å². The van der Waals surface area contributed by atoms with Gasteiger partial charge in [-0.2, -0.15) is 5.06 Å². The third-order valence-electron chi connectivity index (χ3n) is 12.7. The number of hydrogen-bond donors (Lipinski definition) is 3. The van der Waals surface area contributed by atoms with Gasteiger partial charge in [0, 0.05) is 42.9 Å². The largest absolute Gasteiger partial charge is 0.445 e. The summed E-state index contributed by atoms with van der Waals surface area (Å²) in [7, 11) is 0. The van der Waals surface area contributed by atoms with Crippen molar-refractivity contribution in [2.24, 2.45) is 35.5 Å². The van der Waals surface area contributed by atoms with Gasteiger partial charge in [0.1, 0.15) is 6.61 Å². The van der Waals surface area contributed by atoms with Crippen molar-refractivity contribution in [2.45, 2.75) is 156 Å². The smallest absolute Gasteiger partial charge is 0.407 e. The molecule has 2 fully saturated rings. The third kappa shape index (κ3) is 15.2. The van der Waals surface area contributed by atoms with Gasteiger partial charge in [-0.15, -0.1) is 0 Å². The first kappa shape index (κ1) is 50.3. The Kier molecular flexibility index (Phi) is 19.0. The Morgan fingerprint density at radius 2 is 1.48 bits per heavy atom. The molecule has 0 unspecified atom stereocenters. The van der Waals surface area contributed by atoms with Gasteiger partial charge < -0.3 is 25.5 Å². The van der Waals surface area contributed by atoms with Crippen LogP contribution in [-0.4, -0.2) is 80.9 Å². The standard InChI is InChI=1S/C51H76N4O7/c1-35(2)28-37(5)24-25-41(29-38-18-12-10-13-19-38)48(59)54-27-17-23-44(54)46(57)31-42(36(3)4)47(58)53-43(22-16-26-52-49(60)62-34-39-20-14-11-15-21-39)45(56)30-40-32-50(6,7)55(61)51(8,9)33-40/h10-15,18-21,24-25,35-37,40-44,61H,16-17,22-23,26-34H2,1-9H3,(H,52,60)(H,53,58)/b25-24+/t37-,41-,42+,43+,44+/m1/s1. The molecule has 3 N–H and O–H groups in total. The summed E-state index contributed by atoms with van der Waals surface area (Å²) in [6.45, 7) is 19.1. The monoisotopic (exact) mass is 857 g/mol. The van der Waals surface area contributed by atoms with Gasteiger partial charge in [-0.25, -0.2) is 4.79 Å². The van der Waals surface area contributed by atoms with Crippen LogP contribution in [0.15, 0.2) is 72.8 Å². The highest BCUT2D eigenvalue weighted by atomic mass is 16.5. The van der Waals surface area contributed by atoms with Crippen molar-refractivity contribution in [1.82, 2.24) is 20.6 Å². The number of carbonyl (C=O) groups excluding carboxylic acids is 5. The second-order valence-electron chi connectivity index (χ2n) is 20.1. The van der Waals surface area contributed by atoms with Gasteiger partial charge in [0.2, 0.25) is 11.8 Å². The summed E-state index contributed by atoms with van der Waals surface area (Å²) in [6, 6.07) is 17.9. The van der Waals surface area contributed by atoms with Gasteiger partial charge in [0.05, 0.1) is 18.0 Å². The predicted octanol–water partition coefficient (Wildman–Crippen LogP) is 9.12. The number of nitrogens with one attached hydrogen (secondary N) is 2. The van der Waals surface area contributed by atoms with E-state index in [4.69, 9.17) is 4.74 Å². The number of hydroxylamine groups is 2. The fourth-order valence-electron chi connectivity index (χ4n) is 9.73. The van der Waals surface area contributed by atoms with Crippen molar-refractivity contribution in [3.63, 3.8) is 0 Å². The summed E-state index contributed by atoms with van der Waals surface area (Å²) in [5.74, 6) is -1.22. The number of ketones is 2. The number of ether oxygens (including phenoxy) is 1. The first-order chi connectivity index (χ1) is 29.3. The Labute approximate surface area is 371 Å². The minimum atomic E-state index is -0.840. The molecule has 3 amide bonds. The van der Waals surface area contributed by atoms with Crippen LogP contribution >= 0.6 is 0 Å². The van der Waals surface area contributed by atoms with Crippen LogP contribution in [0.3, 0.4) is 0 Å². The number of allylic oxidation sites excluding steroid dienone is 1. The number of amides is 3. The zero-order valence-electron chi connectivity index (χ0n) is 39.0. The summed E-state index contributed by atoms with van der Waals surface area (Å²) >= 11 is 0. The Balaban J connectivity index is 1.46. The van der Waals surface area contributed by atoms with E-state index < -0.39 is 41.1 Å². The number of Topliss-reactive ketones (excluding diaryl/α,β-unsaturated/α-hetero) is 2. The van der Waals surface area contributed by atoms with Crippen LogP contribution in [0.1, 0.15) is 131 Å². The third-order valence-corrected chi connectivity index (χ3v) is 12.7. The van der Waals surface area contributed by atoms with Crippen LogP contribution in [0, 0.1) is 35.5 Å². The summed E-state index contributed by atoms with van der Waals surface area (Å²) in [4.78, 5) is 71.3. The second kappa shape index (κ2) is 23.4. The maximum atomic E-state index is 14.4. The second-order valence-corrected chi connectivity index (χ2v) is 20.1. The molecule has 5 atom stereocenters. The van der Waals surface area contributed by atoms with Crippen molar-refractivity contribution in [3.05, 3.63) is 83.9 Å². The van der Waals surface area contributed by atoms with Gasteiger partial charge >= 0.3 is 6.09 Å². The van der Waals surface area contributed by atoms with Gasteiger partial charge in [-0.05, 0) is 114 Å². The quantitative estimate of drug-likeness (QED) is 0.0786. The molecule has 0 radical (unpaired) electrons. The summed E-state index contributed by atoms with van der Waals surface area (Å²) < 4.78 is 5.36. The minimum absolute atomic E-state index is 0.0197. The highest BCUT2D eigenvalue weighted by Gasteiger charge is 2.46. The maximum Gasteiger partial charge on any atom is 0.407 e. The lowest BCUT2D eigenvalue weighted by atomic mass is 9.73. The van der Waals surface area contributed by atoms with E-state index >= 15 is 0 Å². The van der Waals surface area contributed by atoms with Crippen molar-refractivity contribution < 1.29 is 33.9 Å². The zero-order valence-corrected chi connectivity index (χ0v) is 39.0. The molecule has 0 bridgehead atoms. The molecule has 2 aromatic rings. The molecule has 11 heteroatoms. The molecule has 0 aromatic heterocycles. The summed E-state index contributed by atoms with van der Waals surface area (Å²) in [5.41, 5.74) is 0.835. The maximum absolute atomic E-state index is 14.4. The predicted molar refractivity (Wildman–Crippen MR) is 244 cm³/mol. The van der Waals surface area contributed by atoms with E-state index in [-0.39, 0.29) is 67.6 Å². The normalized spacial score (nSPS) is 19.9. The molecule has 4 rings (SSSR count). The molecule has 2 aromatic carbocycles. The van der Waals surface area contributed by atoms with Crippen molar-refractivity contribution in [1.29, 1.82) is 0 Å². The average molecular weight is 857 g/mol. The van der Waals surface area contributed by atoms with Crippen molar-refractivity contribution in [3.8, 4) is 0 Å².